The molecule has 0 aromatic heterocycles. The zero-order chi connectivity index (χ0) is 20.6. The molecule has 4 rings (SSSR count). The lowest BCUT2D eigenvalue weighted by molar-refractivity contribution is 0.253. The van der Waals surface area contributed by atoms with E-state index >= 15 is 0 Å². The van der Waals surface area contributed by atoms with Gasteiger partial charge in [-0.2, -0.15) is 4.31 Å². The van der Waals surface area contributed by atoms with Crippen LogP contribution in [-0.2, 0) is 23.0 Å². The van der Waals surface area contributed by atoms with Gasteiger partial charge in [-0.1, -0.05) is 61.0 Å². The number of rotatable bonds is 4. The Hall–Kier alpha value is -2.83. The topological polar surface area (TPSA) is 57.7 Å². The van der Waals surface area contributed by atoms with Crippen LogP contribution in [0.15, 0.2) is 77.7 Å². The van der Waals surface area contributed by atoms with Gasteiger partial charge in [0.05, 0.1) is 17.9 Å². The van der Waals surface area contributed by atoms with Crippen LogP contribution in [0.2, 0.25) is 5.02 Å². The summed E-state index contributed by atoms with van der Waals surface area (Å²) in [6.07, 6.45) is 0.732. The summed E-state index contributed by atoms with van der Waals surface area (Å²) in [6, 6.07) is 20.1. The SMILES string of the molecule is CCc1cccc(N2C(=O)N(Cc3ccccc3Cl)c3ccccc3S2(=O)=O)c1. The van der Waals surface area contributed by atoms with E-state index in [-0.39, 0.29) is 11.4 Å². The van der Waals surface area contributed by atoms with Crippen LogP contribution in [0.5, 0.6) is 0 Å². The van der Waals surface area contributed by atoms with Crippen molar-refractivity contribution < 1.29 is 13.2 Å². The van der Waals surface area contributed by atoms with E-state index in [1.807, 2.05) is 31.2 Å². The van der Waals surface area contributed by atoms with Crippen molar-refractivity contribution in [3.8, 4) is 0 Å². The number of hydrogen-bond donors (Lipinski definition) is 0. The average Bonchev–Trinajstić information content (AvgIpc) is 2.72. The van der Waals surface area contributed by atoms with Gasteiger partial charge in [0.2, 0.25) is 0 Å². The molecule has 1 heterocycles. The second-order valence-corrected chi connectivity index (χ2v) is 8.88. The quantitative estimate of drug-likeness (QED) is 0.573. The van der Waals surface area contributed by atoms with Crippen molar-refractivity contribution in [3.05, 3.63) is 88.9 Å². The van der Waals surface area contributed by atoms with Gasteiger partial charge in [0.25, 0.3) is 10.0 Å². The summed E-state index contributed by atoms with van der Waals surface area (Å²) in [5.74, 6) is 0. The summed E-state index contributed by atoms with van der Waals surface area (Å²) < 4.78 is 27.5. The molecule has 7 heteroatoms. The van der Waals surface area contributed by atoms with E-state index in [4.69, 9.17) is 11.6 Å². The molecule has 29 heavy (non-hydrogen) atoms. The van der Waals surface area contributed by atoms with E-state index < -0.39 is 16.1 Å². The molecule has 0 radical (unpaired) electrons. The van der Waals surface area contributed by atoms with Crippen molar-refractivity contribution >= 4 is 39.0 Å². The van der Waals surface area contributed by atoms with Crippen LogP contribution in [0.25, 0.3) is 0 Å². The van der Waals surface area contributed by atoms with Crippen LogP contribution in [0.4, 0.5) is 16.2 Å². The second-order valence-electron chi connectivity index (χ2n) is 6.72. The average molecular weight is 427 g/mol. The number of para-hydroxylation sites is 1. The number of carbonyl (C=O) groups excluding carboxylic acids is 1. The number of amides is 2. The fourth-order valence-corrected chi connectivity index (χ4v) is 5.19. The Bertz CT molecular complexity index is 1190. The van der Waals surface area contributed by atoms with Gasteiger partial charge in [-0.25, -0.2) is 13.2 Å². The predicted molar refractivity (Wildman–Crippen MR) is 115 cm³/mol. The third-order valence-corrected chi connectivity index (χ3v) is 7.04. The van der Waals surface area contributed by atoms with E-state index in [1.165, 1.54) is 11.0 Å². The van der Waals surface area contributed by atoms with Crippen molar-refractivity contribution in [2.45, 2.75) is 24.8 Å². The minimum atomic E-state index is -4.04. The van der Waals surface area contributed by atoms with Crippen molar-refractivity contribution in [2.24, 2.45) is 0 Å². The third kappa shape index (κ3) is 3.39. The molecular formula is C22H19ClN2O3S. The van der Waals surface area contributed by atoms with E-state index in [2.05, 4.69) is 0 Å². The van der Waals surface area contributed by atoms with Crippen LogP contribution in [0.1, 0.15) is 18.1 Å². The lowest BCUT2D eigenvalue weighted by Gasteiger charge is -2.36. The first-order valence-corrected chi connectivity index (χ1v) is 11.0. The van der Waals surface area contributed by atoms with Crippen LogP contribution in [-0.4, -0.2) is 14.4 Å². The minimum absolute atomic E-state index is 0.0913. The molecule has 1 aliphatic heterocycles. The van der Waals surface area contributed by atoms with E-state index in [1.54, 1.807) is 42.5 Å². The molecular weight excluding hydrogens is 408 g/mol. The molecule has 2 amide bonds. The lowest BCUT2D eigenvalue weighted by Crippen LogP contribution is -2.50. The first kappa shape index (κ1) is 19.5. The smallest absolute Gasteiger partial charge is 0.287 e. The van der Waals surface area contributed by atoms with E-state index in [0.29, 0.717) is 16.4 Å². The highest BCUT2D eigenvalue weighted by atomic mass is 35.5. The fourth-order valence-electron chi connectivity index (χ4n) is 3.41. The summed E-state index contributed by atoms with van der Waals surface area (Å²) in [5, 5.41) is 0.519. The Kier molecular flexibility index (Phi) is 5.06. The highest BCUT2D eigenvalue weighted by Crippen LogP contribution is 2.38. The maximum atomic E-state index is 13.4. The molecule has 0 N–H and O–H groups in total. The largest absolute Gasteiger partial charge is 0.343 e. The number of anilines is 2. The van der Waals surface area contributed by atoms with Crippen LogP contribution in [0.3, 0.4) is 0 Å². The predicted octanol–water partition coefficient (Wildman–Crippen LogP) is 5.24. The summed E-state index contributed by atoms with van der Waals surface area (Å²) in [6.45, 7) is 2.14. The van der Waals surface area contributed by atoms with Crippen LogP contribution < -0.4 is 9.21 Å². The van der Waals surface area contributed by atoms with Crippen LogP contribution >= 0.6 is 11.6 Å². The summed E-state index contributed by atoms with van der Waals surface area (Å²) in [4.78, 5) is 15.0. The molecule has 5 nitrogen and oxygen atoms in total. The molecule has 1 aliphatic rings. The molecule has 0 unspecified atom stereocenters. The molecule has 0 saturated heterocycles. The van der Waals surface area contributed by atoms with Gasteiger partial charge in [-0.15, -0.1) is 0 Å². The molecule has 0 spiro atoms. The number of aryl methyl sites for hydroxylation is 1. The number of fused-ring (bicyclic) bond motifs is 1. The number of urea groups is 1. The zero-order valence-electron chi connectivity index (χ0n) is 15.7. The molecule has 0 aliphatic carbocycles. The van der Waals surface area contributed by atoms with Gasteiger partial charge < -0.3 is 0 Å². The normalized spacial score (nSPS) is 15.3. The highest BCUT2D eigenvalue weighted by Gasteiger charge is 2.42. The summed E-state index contributed by atoms with van der Waals surface area (Å²) >= 11 is 6.30. The van der Waals surface area contributed by atoms with Crippen molar-refractivity contribution in [1.82, 2.24) is 0 Å². The number of hydrogen-bond acceptors (Lipinski definition) is 3. The maximum absolute atomic E-state index is 13.4. The number of benzene rings is 3. The van der Waals surface area contributed by atoms with Gasteiger partial charge >= 0.3 is 6.03 Å². The van der Waals surface area contributed by atoms with Crippen LogP contribution in [0, 0.1) is 0 Å². The molecule has 0 saturated carbocycles. The number of sulfonamides is 1. The molecule has 3 aromatic rings. The summed E-state index contributed by atoms with van der Waals surface area (Å²) in [7, 11) is -4.04. The monoisotopic (exact) mass is 426 g/mol. The fraction of sp³-hybridized carbons (Fsp3) is 0.136. The van der Waals surface area contributed by atoms with Gasteiger partial charge in [-0.05, 0) is 47.9 Å². The molecule has 0 bridgehead atoms. The van der Waals surface area contributed by atoms with Crippen molar-refractivity contribution in [2.75, 3.05) is 9.21 Å². The van der Waals surface area contributed by atoms with Gasteiger partial charge in [0, 0.05) is 5.02 Å². The Labute approximate surface area is 175 Å². The number of halogens is 1. The standard InChI is InChI=1S/C22H19ClN2O3S/c1-2-16-8-7-10-18(14-16)25-22(26)24(15-17-9-3-4-11-19(17)23)20-12-5-6-13-21(20)29(25,27)28/h3-14H,2,15H2,1H3. The number of carbonyl (C=O) groups is 1. The minimum Gasteiger partial charge on any atom is -0.287 e. The molecule has 3 aromatic carbocycles. The Morgan fingerprint density at radius 1 is 0.931 bits per heavy atom. The maximum Gasteiger partial charge on any atom is 0.343 e. The summed E-state index contributed by atoms with van der Waals surface area (Å²) in [5.41, 5.74) is 2.36. The Balaban J connectivity index is 1.88. The first-order valence-electron chi connectivity index (χ1n) is 9.21. The van der Waals surface area contributed by atoms with Gasteiger partial charge in [0.1, 0.15) is 4.90 Å². The lowest BCUT2D eigenvalue weighted by atomic mass is 10.1. The zero-order valence-corrected chi connectivity index (χ0v) is 17.3. The molecule has 148 valence electrons. The molecule has 0 atom stereocenters. The van der Waals surface area contributed by atoms with Crippen molar-refractivity contribution in [3.63, 3.8) is 0 Å². The van der Waals surface area contributed by atoms with E-state index in [0.717, 1.165) is 21.9 Å². The first-order chi connectivity index (χ1) is 13.9. The third-order valence-electron chi connectivity index (χ3n) is 4.92. The Morgan fingerprint density at radius 2 is 1.66 bits per heavy atom. The van der Waals surface area contributed by atoms with Gasteiger partial charge in [-0.3, -0.25) is 4.90 Å². The molecule has 0 fully saturated rings. The number of nitrogens with zero attached hydrogens (tertiary/aromatic N) is 2. The van der Waals surface area contributed by atoms with Gasteiger partial charge in [0.15, 0.2) is 0 Å². The van der Waals surface area contributed by atoms with Crippen molar-refractivity contribution in [1.29, 1.82) is 0 Å². The highest BCUT2D eigenvalue weighted by molar-refractivity contribution is 7.94. The van der Waals surface area contributed by atoms with E-state index in [9.17, 15) is 13.2 Å². The second kappa shape index (κ2) is 7.54. The Morgan fingerprint density at radius 3 is 2.41 bits per heavy atom.